The molecule has 0 bridgehead atoms. The van der Waals surface area contributed by atoms with E-state index in [1.807, 2.05) is 64.2 Å². The van der Waals surface area contributed by atoms with Crippen LogP contribution in [0.3, 0.4) is 0 Å². The molecule has 0 unspecified atom stereocenters. The third-order valence-electron chi connectivity index (χ3n) is 11.1. The van der Waals surface area contributed by atoms with Gasteiger partial charge in [0.05, 0.1) is 5.52 Å². The molecule has 0 aliphatic carbocycles. The van der Waals surface area contributed by atoms with Crippen LogP contribution in [-0.4, -0.2) is 20.9 Å². The predicted molar refractivity (Wildman–Crippen MR) is 222 cm³/mol. The van der Waals surface area contributed by atoms with Crippen molar-refractivity contribution in [2.24, 2.45) is 16.7 Å². The summed E-state index contributed by atoms with van der Waals surface area (Å²) in [5.41, 5.74) is 5.27. The Morgan fingerprint density at radius 2 is 1.52 bits per heavy atom. The van der Waals surface area contributed by atoms with Crippen molar-refractivity contribution >= 4 is 69.6 Å². The molecule has 0 aliphatic rings. The number of carbonyl (C=O) groups is 1. The van der Waals surface area contributed by atoms with Crippen molar-refractivity contribution in [3.63, 3.8) is 0 Å². The minimum atomic E-state index is -0.337. The van der Waals surface area contributed by atoms with E-state index in [1.54, 1.807) is 6.33 Å². The van der Waals surface area contributed by atoms with Crippen molar-refractivity contribution in [3.05, 3.63) is 83.2 Å². The number of aliphatic hydroxyl groups excluding tert-OH is 1. The van der Waals surface area contributed by atoms with Crippen LogP contribution >= 0.6 is 22.7 Å². The number of aromatic nitrogens is 2. The van der Waals surface area contributed by atoms with Gasteiger partial charge in [0.15, 0.2) is 5.78 Å². The molecule has 6 rings (SSSR count). The van der Waals surface area contributed by atoms with Gasteiger partial charge in [0.1, 0.15) is 12.1 Å². The zero-order valence-corrected chi connectivity index (χ0v) is 36.8. The summed E-state index contributed by atoms with van der Waals surface area (Å²) in [6.07, 6.45) is 7.57. The van der Waals surface area contributed by atoms with Crippen molar-refractivity contribution in [2.75, 3.05) is 0 Å². The van der Waals surface area contributed by atoms with Gasteiger partial charge >= 0.3 is 0 Å². The van der Waals surface area contributed by atoms with Crippen LogP contribution in [0.2, 0.25) is 0 Å². The van der Waals surface area contributed by atoms with Crippen molar-refractivity contribution in [1.82, 2.24) is 9.97 Å². The number of hydrogen-bond donors (Lipinski definition) is 1. The molecule has 1 N–H and O–H groups in total. The van der Waals surface area contributed by atoms with Crippen molar-refractivity contribution in [1.29, 1.82) is 0 Å². The van der Waals surface area contributed by atoms with E-state index >= 15 is 0 Å². The van der Waals surface area contributed by atoms with Crippen LogP contribution in [0.15, 0.2) is 66.0 Å². The average Bonchev–Trinajstić information content (AvgIpc) is 3.70. The van der Waals surface area contributed by atoms with Gasteiger partial charge in [-0.2, -0.15) is 0 Å². The van der Waals surface area contributed by atoms with Crippen molar-refractivity contribution in [3.8, 4) is 11.3 Å². The average molecular weight is 912 g/mol. The fourth-order valence-electron chi connectivity index (χ4n) is 6.70. The molecular formula is C45H55IrN2O2S2-. The van der Waals surface area contributed by atoms with E-state index in [-0.39, 0.29) is 47.9 Å². The normalized spacial score (nSPS) is 12.8. The van der Waals surface area contributed by atoms with Crippen LogP contribution in [0.1, 0.15) is 113 Å². The van der Waals surface area contributed by atoms with Crippen LogP contribution in [0, 0.1) is 22.8 Å². The second-order valence-electron chi connectivity index (χ2n) is 16.0. The molecule has 0 saturated carbocycles. The van der Waals surface area contributed by atoms with Crippen LogP contribution in [0.25, 0.3) is 52.4 Å². The predicted octanol–water partition coefficient (Wildman–Crippen LogP) is 13.8. The molecule has 3 aromatic heterocycles. The minimum absolute atomic E-state index is 0. The van der Waals surface area contributed by atoms with E-state index in [9.17, 15) is 9.90 Å². The van der Waals surface area contributed by atoms with Gasteiger partial charge in [0, 0.05) is 67.6 Å². The standard InChI is InChI=1S/C30H27N2S2.C15H28O2.Ir/c1-17(2)12-20-15-33-23-10-11-24-26(25(20)23)28-29(34-24)27(31-16-32-28)19-13-18-8-6-7-9-21(18)22(14-19)30(3,4)5;1-7-14(5,8-2)12(16)11-13(17)15(6,9-3)10-4;/h6-11,14-17H,12H2,1-5H3;11,16H,7-10H2,1-6H3;/q-1;;/b;12-11-;. The Bertz CT molecular complexity index is 2210. The third-order valence-corrected chi connectivity index (χ3v) is 13.2. The Labute approximate surface area is 332 Å². The van der Waals surface area contributed by atoms with Gasteiger partial charge in [0.2, 0.25) is 0 Å². The molecule has 3 aromatic carbocycles. The fourth-order valence-corrected chi connectivity index (χ4v) is 8.85. The molecule has 279 valence electrons. The summed E-state index contributed by atoms with van der Waals surface area (Å²) < 4.78 is 3.78. The summed E-state index contributed by atoms with van der Waals surface area (Å²) in [5, 5.41) is 17.5. The number of allylic oxidation sites excluding steroid dienone is 2. The molecule has 0 amide bonds. The first-order chi connectivity index (χ1) is 24.1. The first-order valence-corrected chi connectivity index (χ1v) is 20.3. The zero-order valence-electron chi connectivity index (χ0n) is 32.8. The quantitative estimate of drug-likeness (QED) is 0.0845. The monoisotopic (exact) mass is 912 g/mol. The van der Waals surface area contributed by atoms with E-state index in [0.29, 0.717) is 5.92 Å². The van der Waals surface area contributed by atoms with Crippen LogP contribution < -0.4 is 0 Å². The Morgan fingerprint density at radius 3 is 2.13 bits per heavy atom. The zero-order chi connectivity index (χ0) is 37.3. The van der Waals surface area contributed by atoms with Gasteiger partial charge in [-0.25, -0.2) is 4.98 Å². The summed E-state index contributed by atoms with van der Waals surface area (Å²) in [6, 6.07) is 19.1. The number of nitrogens with zero attached hydrogens (tertiary/aromatic N) is 2. The molecule has 0 saturated heterocycles. The molecule has 6 aromatic rings. The van der Waals surface area contributed by atoms with E-state index < -0.39 is 0 Å². The summed E-state index contributed by atoms with van der Waals surface area (Å²) in [4.78, 5) is 21.8. The van der Waals surface area contributed by atoms with E-state index in [1.165, 1.54) is 42.8 Å². The Morgan fingerprint density at radius 1 is 0.885 bits per heavy atom. The number of aliphatic hydroxyl groups is 1. The smallest absolute Gasteiger partial charge is 0.164 e. The molecule has 0 atom stereocenters. The summed E-state index contributed by atoms with van der Waals surface area (Å²) >= 11 is 3.65. The van der Waals surface area contributed by atoms with E-state index in [4.69, 9.17) is 9.97 Å². The number of benzene rings is 3. The maximum absolute atomic E-state index is 12.2. The molecule has 1 radical (unpaired) electrons. The third kappa shape index (κ3) is 8.23. The van der Waals surface area contributed by atoms with Gasteiger partial charge < -0.3 is 5.11 Å². The number of hydrogen-bond acceptors (Lipinski definition) is 6. The van der Waals surface area contributed by atoms with E-state index in [0.717, 1.165) is 59.0 Å². The Kier molecular flexibility index (Phi) is 13.3. The summed E-state index contributed by atoms with van der Waals surface area (Å²) in [5.74, 6) is 0.903. The maximum atomic E-state index is 12.2. The minimum Gasteiger partial charge on any atom is -0.512 e. The van der Waals surface area contributed by atoms with Gasteiger partial charge in [-0.1, -0.05) is 105 Å². The largest absolute Gasteiger partial charge is 0.512 e. The molecule has 0 spiro atoms. The second-order valence-corrected chi connectivity index (χ2v) is 18.0. The van der Waals surface area contributed by atoms with Gasteiger partial charge in [0.25, 0.3) is 0 Å². The Balaban J connectivity index is 0.000000289. The molecule has 0 fully saturated rings. The van der Waals surface area contributed by atoms with Crippen molar-refractivity contribution < 1.29 is 30.0 Å². The SMILES string of the molecule is CC(C)Cc1csc2ccc3sc4c(-c5[c-]c6ccccc6c(C(C)(C)C)c5)ncnc4c3c12.CCC(C)(CC)C(=O)/C=C(\O)C(C)(CC)CC.[Ir]. The Hall–Kier alpha value is -2.96. The maximum Gasteiger partial charge on any atom is 0.164 e. The summed E-state index contributed by atoms with van der Waals surface area (Å²) in [6.45, 7) is 23.5. The second kappa shape index (κ2) is 16.6. The molecule has 7 heteroatoms. The molecule has 52 heavy (non-hydrogen) atoms. The molecule has 4 nitrogen and oxygen atoms in total. The van der Waals surface area contributed by atoms with Crippen LogP contribution in [0.4, 0.5) is 0 Å². The van der Waals surface area contributed by atoms with Crippen LogP contribution in [-0.2, 0) is 36.7 Å². The van der Waals surface area contributed by atoms with E-state index in [2.05, 4.69) is 88.5 Å². The number of thiophene rings is 2. The number of carbonyl (C=O) groups excluding carboxylic acids is 1. The molecule has 0 aliphatic heterocycles. The number of ketones is 1. The topological polar surface area (TPSA) is 63.1 Å². The van der Waals surface area contributed by atoms with Crippen molar-refractivity contribution in [2.45, 2.75) is 114 Å². The van der Waals surface area contributed by atoms with Crippen LogP contribution in [0.5, 0.6) is 0 Å². The van der Waals surface area contributed by atoms with Gasteiger partial charge in [-0.05, 0) is 66.5 Å². The first kappa shape index (κ1) is 41.8. The fraction of sp³-hybridized carbons (Fsp3) is 0.444. The van der Waals surface area contributed by atoms with Gasteiger partial charge in [-0.3, -0.25) is 9.78 Å². The molecular weight excluding hydrogens is 857 g/mol. The van der Waals surface area contributed by atoms with Gasteiger partial charge in [-0.15, -0.1) is 51.8 Å². The summed E-state index contributed by atoms with van der Waals surface area (Å²) in [7, 11) is 0. The first-order valence-electron chi connectivity index (χ1n) is 18.6. The number of rotatable bonds is 10. The molecule has 3 heterocycles. The number of fused-ring (bicyclic) bond motifs is 6.